The van der Waals surface area contributed by atoms with Crippen LogP contribution in [0.2, 0.25) is 0 Å². The minimum atomic E-state index is -1.09. The topological polar surface area (TPSA) is 196 Å². The molecule has 0 amide bonds. The molecule has 0 saturated carbocycles. The molecule has 0 saturated heterocycles. The monoisotopic (exact) mass is 313 g/mol. The number of rotatable bonds is 7. The van der Waals surface area contributed by atoms with Crippen LogP contribution in [0.4, 0.5) is 0 Å². The van der Waals surface area contributed by atoms with E-state index in [2.05, 4.69) is 6.92 Å². The standard InChI is InChI=1S/C10H18O2.2C2H5O.3H3N/c1-2-3-4-5-6-7-8-9-10(11)12;2*1-2-3;;;/h8-9H,2-7H2,1H3,(H,11,12);2*2H2,1H3;3*1H3/q;2*-1;;;/p+2. The summed E-state index contributed by atoms with van der Waals surface area (Å²) >= 11 is 0. The van der Waals surface area contributed by atoms with E-state index in [0.29, 0.717) is 0 Å². The van der Waals surface area contributed by atoms with Gasteiger partial charge in [-0.15, -0.1) is 13.2 Å². The van der Waals surface area contributed by atoms with Gasteiger partial charge in [0, 0.05) is 0 Å². The number of quaternary nitrogens is 3. The summed E-state index contributed by atoms with van der Waals surface area (Å²) in [5.41, 5.74) is 0. The average molecular weight is 313 g/mol. The van der Waals surface area contributed by atoms with E-state index in [9.17, 15) is 9.90 Å². The molecule has 0 aliphatic heterocycles. The highest BCUT2D eigenvalue weighted by atomic mass is 16.4. The molecule has 0 aromatic carbocycles. The Labute approximate surface area is 130 Å². The third-order valence-electron chi connectivity index (χ3n) is 1.73. The Hall–Kier alpha value is -0.990. The van der Waals surface area contributed by atoms with Crippen molar-refractivity contribution >= 4 is 5.97 Å². The van der Waals surface area contributed by atoms with Gasteiger partial charge >= 0.3 is 0 Å². The molecule has 0 radical (unpaired) electrons. The van der Waals surface area contributed by atoms with Gasteiger partial charge in [-0.3, -0.25) is 0 Å². The summed E-state index contributed by atoms with van der Waals surface area (Å²) in [4.78, 5) is 9.94. The molecule has 0 aromatic rings. The SMILES string of the molecule is CCCCCCCC=CC(=O)[O-].CC[O-].CC[O-].[NH4+].[NH4+].[NH4+]. The number of unbranched alkanes of at least 4 members (excludes halogenated alkanes) is 5. The Morgan fingerprint density at radius 2 is 1.24 bits per heavy atom. The number of allylic oxidation sites excluding steroid dienone is 1. The maximum atomic E-state index is 9.94. The molecule has 0 bridgehead atoms. The maximum Gasteiger partial charge on any atom is 0.0639 e. The minimum absolute atomic E-state index is 0. The Bertz CT molecular complexity index is 178. The summed E-state index contributed by atoms with van der Waals surface area (Å²) < 4.78 is 0. The van der Waals surface area contributed by atoms with Crippen molar-refractivity contribution < 1.29 is 20.1 Å². The summed E-state index contributed by atoms with van der Waals surface area (Å²) in [6.45, 7) is 5.32. The zero-order valence-corrected chi connectivity index (χ0v) is 14.9. The molecule has 0 atom stereocenters. The molecular weight excluding hydrogens is 274 g/mol. The largest absolute Gasteiger partial charge is 0.855 e. The first-order chi connectivity index (χ1) is 8.60. The van der Waals surface area contributed by atoms with Gasteiger partial charge in [0.1, 0.15) is 0 Å². The quantitative estimate of drug-likeness (QED) is 0.473. The van der Waals surface area contributed by atoms with Gasteiger partial charge in [-0.05, 0) is 18.9 Å². The number of aliphatic carboxylic acids is 1. The fourth-order valence-corrected chi connectivity index (χ4v) is 1.05. The lowest BCUT2D eigenvalue weighted by Crippen LogP contribution is -2.18. The van der Waals surface area contributed by atoms with Gasteiger partial charge in [0.05, 0.1) is 5.97 Å². The predicted octanol–water partition coefficient (Wildman–Crippen LogP) is 1.51. The second-order valence-electron chi connectivity index (χ2n) is 3.50. The molecule has 0 heterocycles. The van der Waals surface area contributed by atoms with Crippen LogP contribution in [-0.2, 0) is 4.79 Å². The van der Waals surface area contributed by atoms with E-state index >= 15 is 0 Å². The highest BCUT2D eigenvalue weighted by molar-refractivity contribution is 5.77. The molecule has 0 unspecified atom stereocenters. The fourth-order valence-electron chi connectivity index (χ4n) is 1.05. The zero-order valence-electron chi connectivity index (χ0n) is 14.9. The summed E-state index contributed by atoms with van der Waals surface area (Å²) in [5, 5.41) is 27.8. The van der Waals surface area contributed by atoms with E-state index in [0.717, 1.165) is 18.9 Å². The van der Waals surface area contributed by atoms with Crippen LogP contribution < -0.4 is 33.8 Å². The fraction of sp³-hybridized carbons (Fsp3) is 0.786. The van der Waals surface area contributed by atoms with E-state index in [-0.39, 0.29) is 31.7 Å². The third-order valence-corrected chi connectivity index (χ3v) is 1.73. The second-order valence-corrected chi connectivity index (χ2v) is 3.50. The number of carbonyl (C=O) groups is 1. The molecule has 0 aliphatic rings. The normalized spacial score (nSPS) is 7.86. The molecule has 0 rings (SSSR count). The molecule has 7 heteroatoms. The van der Waals surface area contributed by atoms with Crippen LogP contribution >= 0.6 is 0 Å². The van der Waals surface area contributed by atoms with E-state index in [4.69, 9.17) is 10.2 Å². The number of carbonyl (C=O) groups excluding carboxylic acids is 1. The van der Waals surface area contributed by atoms with Gasteiger partial charge in [-0.25, -0.2) is 0 Å². The molecule has 7 nitrogen and oxygen atoms in total. The molecule has 12 N–H and O–H groups in total. The molecule has 0 spiro atoms. The van der Waals surface area contributed by atoms with Crippen molar-refractivity contribution in [1.29, 1.82) is 0 Å². The van der Waals surface area contributed by atoms with Gasteiger partial charge in [0.15, 0.2) is 0 Å². The van der Waals surface area contributed by atoms with Crippen molar-refractivity contribution in [2.75, 3.05) is 13.2 Å². The van der Waals surface area contributed by atoms with Crippen molar-refractivity contribution in [3.63, 3.8) is 0 Å². The van der Waals surface area contributed by atoms with Crippen molar-refractivity contribution in [2.45, 2.75) is 59.3 Å². The van der Waals surface area contributed by atoms with Crippen LogP contribution in [0.3, 0.4) is 0 Å². The van der Waals surface area contributed by atoms with Gasteiger partial charge in [0.2, 0.25) is 0 Å². The lowest BCUT2D eigenvalue weighted by molar-refractivity contribution is -0.362. The average Bonchev–Trinajstić information content (AvgIpc) is 2.29. The second kappa shape index (κ2) is 42.7. The summed E-state index contributed by atoms with van der Waals surface area (Å²) in [6, 6.07) is 0. The zero-order chi connectivity index (χ0) is 14.6. The predicted molar refractivity (Wildman–Crippen MR) is 86.6 cm³/mol. The van der Waals surface area contributed by atoms with Crippen LogP contribution in [0.15, 0.2) is 12.2 Å². The molecule has 0 aromatic heterocycles. The van der Waals surface area contributed by atoms with Crippen molar-refractivity contribution in [3.05, 3.63) is 12.2 Å². The molecule has 134 valence electrons. The first-order valence-corrected chi connectivity index (χ1v) is 6.64. The van der Waals surface area contributed by atoms with E-state index in [1.54, 1.807) is 19.9 Å². The van der Waals surface area contributed by atoms with Gasteiger partial charge in [-0.2, -0.15) is 0 Å². The minimum Gasteiger partial charge on any atom is -0.855 e. The van der Waals surface area contributed by atoms with Gasteiger partial charge < -0.3 is 38.6 Å². The van der Waals surface area contributed by atoms with Crippen molar-refractivity contribution in [2.24, 2.45) is 0 Å². The van der Waals surface area contributed by atoms with E-state index < -0.39 is 5.97 Å². The summed E-state index contributed by atoms with van der Waals surface area (Å²) in [7, 11) is 0. The molecule has 0 fully saturated rings. The van der Waals surface area contributed by atoms with Gasteiger partial charge in [-0.1, -0.05) is 52.5 Å². The third kappa shape index (κ3) is 85.7. The number of hydrogen-bond acceptors (Lipinski definition) is 4. The molecule has 21 heavy (non-hydrogen) atoms. The van der Waals surface area contributed by atoms with Crippen LogP contribution in [0.5, 0.6) is 0 Å². The highest BCUT2D eigenvalue weighted by Crippen LogP contribution is 2.04. The van der Waals surface area contributed by atoms with Crippen LogP contribution in [0, 0.1) is 0 Å². The van der Waals surface area contributed by atoms with Crippen LogP contribution in [0.1, 0.15) is 59.3 Å². The lowest BCUT2D eigenvalue weighted by atomic mass is 10.1. The number of carboxylic acids is 1. The number of hydrogen-bond donors (Lipinski definition) is 3. The smallest absolute Gasteiger partial charge is 0.0639 e. The Balaban J connectivity index is -0.0000000542. The molecule has 0 aliphatic carbocycles. The lowest BCUT2D eigenvalue weighted by Gasteiger charge is -1.96. The molecular formula is C14H39N3O4. The first-order valence-electron chi connectivity index (χ1n) is 6.64. The Kier molecular flexibility index (Phi) is 75.0. The summed E-state index contributed by atoms with van der Waals surface area (Å²) in [6.07, 6.45) is 9.71. The van der Waals surface area contributed by atoms with Crippen molar-refractivity contribution in [3.8, 4) is 0 Å². The van der Waals surface area contributed by atoms with Crippen LogP contribution in [-0.4, -0.2) is 19.2 Å². The van der Waals surface area contributed by atoms with Crippen LogP contribution in [0.25, 0.3) is 0 Å². The Morgan fingerprint density at radius 3 is 1.57 bits per heavy atom. The van der Waals surface area contributed by atoms with Gasteiger partial charge in [0.25, 0.3) is 0 Å². The summed E-state index contributed by atoms with van der Waals surface area (Å²) in [5.74, 6) is -1.09. The maximum absolute atomic E-state index is 9.94. The first kappa shape index (κ1) is 36.8. The van der Waals surface area contributed by atoms with Crippen molar-refractivity contribution in [1.82, 2.24) is 18.5 Å². The Morgan fingerprint density at radius 1 is 0.857 bits per heavy atom. The highest BCUT2D eigenvalue weighted by Gasteiger charge is 1.85. The van der Waals surface area contributed by atoms with E-state index in [1.807, 2.05) is 0 Å². The number of carboxylic acid groups (broad SMARTS) is 1. The van der Waals surface area contributed by atoms with E-state index in [1.165, 1.54) is 25.7 Å².